The number of carbonyl (C=O) groups is 2. The quantitative estimate of drug-likeness (QED) is 0.660. The van der Waals surface area contributed by atoms with Gasteiger partial charge in [0.25, 0.3) is 11.8 Å². The minimum atomic E-state index is -0.255. The van der Waals surface area contributed by atoms with Crippen LogP contribution in [0, 0.1) is 0 Å². The van der Waals surface area contributed by atoms with Crippen LogP contribution < -0.4 is 0 Å². The van der Waals surface area contributed by atoms with Gasteiger partial charge in [-0.05, 0) is 35.2 Å². The van der Waals surface area contributed by atoms with Crippen molar-refractivity contribution in [2.75, 3.05) is 0 Å². The molecule has 3 nitrogen and oxygen atoms in total. The van der Waals surface area contributed by atoms with Gasteiger partial charge in [-0.3, -0.25) is 14.5 Å². The molecule has 1 heterocycles. The average molecular weight is 322 g/mol. The summed E-state index contributed by atoms with van der Waals surface area (Å²) in [6.07, 6.45) is 0. The average Bonchev–Trinajstić information content (AvgIpc) is 2.58. The number of benzene rings is 3. The molecule has 0 fully saturated rings. The van der Waals surface area contributed by atoms with E-state index in [-0.39, 0.29) is 18.4 Å². The standard InChI is InChI=1S/C19H12ClNO2/c20-14-9-7-12(8-10-14)11-21-18(22)15-5-1-3-13-4-2-6-16(17(13)15)19(21)23/h1-10H,11H2. The lowest BCUT2D eigenvalue weighted by atomic mass is 9.94. The van der Waals surface area contributed by atoms with Crippen LogP contribution in [-0.2, 0) is 6.54 Å². The second-order valence-corrected chi connectivity index (χ2v) is 5.97. The summed E-state index contributed by atoms with van der Waals surface area (Å²) in [7, 11) is 0. The fourth-order valence-electron chi connectivity index (χ4n) is 3.00. The number of hydrogen-bond donors (Lipinski definition) is 0. The molecule has 1 aliphatic heterocycles. The molecule has 0 spiro atoms. The Morgan fingerprint density at radius 1 is 0.783 bits per heavy atom. The number of imide groups is 1. The Hall–Kier alpha value is -2.65. The Morgan fingerprint density at radius 2 is 1.35 bits per heavy atom. The van der Waals surface area contributed by atoms with Crippen molar-refractivity contribution in [1.29, 1.82) is 0 Å². The Bertz CT molecular complexity index is 896. The molecule has 4 rings (SSSR count). The van der Waals surface area contributed by atoms with E-state index < -0.39 is 0 Å². The first kappa shape index (κ1) is 14.0. The fraction of sp³-hybridized carbons (Fsp3) is 0.0526. The third-order valence-corrected chi connectivity index (χ3v) is 4.36. The van der Waals surface area contributed by atoms with Crippen LogP contribution in [0.15, 0.2) is 60.7 Å². The van der Waals surface area contributed by atoms with Crippen molar-refractivity contribution in [3.05, 3.63) is 82.4 Å². The highest BCUT2D eigenvalue weighted by Gasteiger charge is 2.32. The summed E-state index contributed by atoms with van der Waals surface area (Å²) in [5.74, 6) is -0.511. The van der Waals surface area contributed by atoms with Gasteiger partial charge in [-0.15, -0.1) is 0 Å². The molecule has 0 N–H and O–H groups in total. The molecular formula is C19H12ClNO2. The van der Waals surface area contributed by atoms with Gasteiger partial charge in [-0.1, -0.05) is 48.0 Å². The Labute approximate surface area is 138 Å². The summed E-state index contributed by atoms with van der Waals surface area (Å²) in [6.45, 7) is 0.236. The molecule has 0 aliphatic carbocycles. The Morgan fingerprint density at radius 3 is 1.91 bits per heavy atom. The number of hydrogen-bond acceptors (Lipinski definition) is 2. The molecule has 0 atom stereocenters. The zero-order valence-electron chi connectivity index (χ0n) is 12.1. The Balaban J connectivity index is 1.81. The summed E-state index contributed by atoms with van der Waals surface area (Å²) >= 11 is 5.89. The van der Waals surface area contributed by atoms with E-state index in [0.717, 1.165) is 16.3 Å². The van der Waals surface area contributed by atoms with Gasteiger partial charge in [0, 0.05) is 21.5 Å². The van der Waals surface area contributed by atoms with E-state index in [4.69, 9.17) is 11.6 Å². The predicted molar refractivity (Wildman–Crippen MR) is 89.6 cm³/mol. The van der Waals surface area contributed by atoms with E-state index >= 15 is 0 Å². The third kappa shape index (κ3) is 2.21. The molecule has 0 bridgehead atoms. The largest absolute Gasteiger partial charge is 0.270 e. The van der Waals surface area contributed by atoms with E-state index in [9.17, 15) is 9.59 Å². The van der Waals surface area contributed by atoms with Crippen LogP contribution in [0.3, 0.4) is 0 Å². The summed E-state index contributed by atoms with van der Waals surface area (Å²) in [4.78, 5) is 26.8. The van der Waals surface area contributed by atoms with E-state index in [0.29, 0.717) is 16.1 Å². The molecule has 3 aromatic rings. The normalized spacial score (nSPS) is 13.7. The number of carbonyl (C=O) groups excluding carboxylic acids is 2. The van der Waals surface area contributed by atoms with Crippen LogP contribution in [0.1, 0.15) is 26.3 Å². The molecule has 0 radical (unpaired) electrons. The maximum Gasteiger partial charge on any atom is 0.261 e. The lowest BCUT2D eigenvalue weighted by Crippen LogP contribution is -2.39. The van der Waals surface area contributed by atoms with Gasteiger partial charge in [0.2, 0.25) is 0 Å². The van der Waals surface area contributed by atoms with E-state index in [1.165, 1.54) is 4.90 Å². The Kier molecular flexibility index (Phi) is 3.17. The first-order valence-corrected chi connectivity index (χ1v) is 7.65. The van der Waals surface area contributed by atoms with Gasteiger partial charge in [0.15, 0.2) is 0 Å². The molecule has 4 heteroatoms. The van der Waals surface area contributed by atoms with Crippen molar-refractivity contribution in [3.8, 4) is 0 Å². The predicted octanol–water partition coefficient (Wildman–Crippen LogP) is 4.29. The van der Waals surface area contributed by atoms with Gasteiger partial charge >= 0.3 is 0 Å². The summed E-state index contributed by atoms with van der Waals surface area (Å²) in [5.41, 5.74) is 2.01. The van der Waals surface area contributed by atoms with E-state index in [2.05, 4.69) is 0 Å². The van der Waals surface area contributed by atoms with Crippen molar-refractivity contribution < 1.29 is 9.59 Å². The lowest BCUT2D eigenvalue weighted by Gasteiger charge is -2.27. The molecule has 23 heavy (non-hydrogen) atoms. The maximum absolute atomic E-state index is 12.8. The smallest absolute Gasteiger partial charge is 0.261 e. The molecule has 2 amide bonds. The minimum Gasteiger partial charge on any atom is -0.270 e. The van der Waals surface area contributed by atoms with Gasteiger partial charge < -0.3 is 0 Å². The van der Waals surface area contributed by atoms with Gasteiger partial charge in [0.1, 0.15) is 0 Å². The number of amides is 2. The lowest BCUT2D eigenvalue weighted by molar-refractivity contribution is 0.0598. The summed E-state index contributed by atoms with van der Waals surface area (Å²) in [5, 5.41) is 2.28. The van der Waals surface area contributed by atoms with Crippen LogP contribution in [-0.4, -0.2) is 16.7 Å². The van der Waals surface area contributed by atoms with Crippen molar-refractivity contribution in [2.24, 2.45) is 0 Å². The second-order valence-electron chi connectivity index (χ2n) is 5.53. The van der Waals surface area contributed by atoms with Crippen LogP contribution in [0.2, 0.25) is 5.02 Å². The number of halogens is 1. The van der Waals surface area contributed by atoms with Crippen molar-refractivity contribution in [2.45, 2.75) is 6.54 Å². The van der Waals surface area contributed by atoms with E-state index in [1.807, 2.05) is 36.4 Å². The van der Waals surface area contributed by atoms with Crippen molar-refractivity contribution >= 4 is 34.2 Å². The molecular weight excluding hydrogens is 310 g/mol. The second kappa shape index (κ2) is 5.21. The molecule has 3 aromatic carbocycles. The zero-order chi connectivity index (χ0) is 16.0. The highest BCUT2D eigenvalue weighted by Crippen LogP contribution is 2.30. The fourth-order valence-corrected chi connectivity index (χ4v) is 3.12. The topological polar surface area (TPSA) is 37.4 Å². The monoisotopic (exact) mass is 321 g/mol. The SMILES string of the molecule is O=C1c2cccc3cccc(c23)C(=O)N1Cc1ccc(Cl)cc1. The van der Waals surface area contributed by atoms with Gasteiger partial charge in [-0.25, -0.2) is 0 Å². The molecule has 0 saturated heterocycles. The highest BCUT2D eigenvalue weighted by molar-refractivity contribution is 6.30. The first-order valence-electron chi connectivity index (χ1n) is 7.27. The molecule has 1 aliphatic rings. The summed E-state index contributed by atoms with van der Waals surface area (Å²) in [6, 6.07) is 18.2. The van der Waals surface area contributed by atoms with Crippen molar-refractivity contribution in [1.82, 2.24) is 4.90 Å². The van der Waals surface area contributed by atoms with Crippen molar-refractivity contribution in [3.63, 3.8) is 0 Å². The summed E-state index contributed by atoms with van der Waals surface area (Å²) < 4.78 is 0. The maximum atomic E-state index is 12.8. The number of nitrogens with zero attached hydrogens (tertiary/aromatic N) is 1. The van der Waals surface area contributed by atoms with Crippen LogP contribution in [0.4, 0.5) is 0 Å². The molecule has 0 unspecified atom stereocenters. The molecule has 0 aromatic heterocycles. The zero-order valence-corrected chi connectivity index (χ0v) is 12.9. The third-order valence-electron chi connectivity index (χ3n) is 4.11. The first-order chi connectivity index (χ1) is 11.1. The molecule has 112 valence electrons. The number of rotatable bonds is 2. The molecule has 0 saturated carbocycles. The van der Waals surface area contributed by atoms with Crippen LogP contribution in [0.5, 0.6) is 0 Å². The minimum absolute atomic E-state index is 0.236. The highest BCUT2D eigenvalue weighted by atomic mass is 35.5. The van der Waals surface area contributed by atoms with Gasteiger partial charge in [0.05, 0.1) is 6.54 Å². The van der Waals surface area contributed by atoms with Gasteiger partial charge in [-0.2, -0.15) is 0 Å². The van der Waals surface area contributed by atoms with Crippen LogP contribution in [0.25, 0.3) is 10.8 Å². The van der Waals surface area contributed by atoms with Crippen LogP contribution >= 0.6 is 11.6 Å². The van der Waals surface area contributed by atoms with E-state index in [1.54, 1.807) is 24.3 Å².